The number of amidine groups is 2. The van der Waals surface area contributed by atoms with Gasteiger partial charge >= 0.3 is 5.19 Å². The summed E-state index contributed by atoms with van der Waals surface area (Å²) < 4.78 is 11.1. The monoisotopic (exact) mass is 554 g/mol. The van der Waals surface area contributed by atoms with E-state index >= 15 is 0 Å². The molecular weight excluding hydrogens is 529 g/mol. The van der Waals surface area contributed by atoms with Crippen LogP contribution in [0.3, 0.4) is 0 Å². The Hall–Kier alpha value is -3.55. The van der Waals surface area contributed by atoms with Gasteiger partial charge in [0.1, 0.15) is 15.8 Å². The molecule has 0 fully saturated rings. The van der Waals surface area contributed by atoms with Crippen LogP contribution in [0.15, 0.2) is 48.5 Å². The molecule has 2 heterocycles. The molecule has 0 amide bonds. The number of ether oxygens (including phenoxy) is 2. The highest BCUT2D eigenvalue weighted by atomic mass is 32.2. The van der Waals surface area contributed by atoms with E-state index < -0.39 is 0 Å². The molecule has 37 heavy (non-hydrogen) atoms. The molecule has 0 aliphatic heterocycles. The molecule has 1 unspecified atom stereocenters. The molecule has 1 atom stereocenters. The summed E-state index contributed by atoms with van der Waals surface area (Å²) in [7, 11) is 0. The topological polar surface area (TPSA) is 142 Å². The van der Waals surface area contributed by atoms with Gasteiger partial charge in [-0.25, -0.2) is 0 Å². The Morgan fingerprint density at radius 1 is 0.919 bits per heavy atom. The summed E-state index contributed by atoms with van der Waals surface area (Å²) in [6.45, 7) is 6.03. The molecule has 13 heteroatoms. The molecule has 4 aromatic rings. The van der Waals surface area contributed by atoms with Crippen molar-refractivity contribution in [2.24, 2.45) is 0 Å². The number of nitrogens with zero attached hydrogens (tertiary/aromatic N) is 4. The molecular formula is C24H26N8O2S3. The maximum atomic E-state index is 8.10. The molecule has 4 rings (SSSR count). The SMILES string of the molecule is CCSC(Cc1nnc(OC(=N)Nc2cccc(C)c2)s1)c1nnc(NC(=N)Oc2cccc(C)c2)s1. The number of aryl methyl sites for hydroxylation is 2. The predicted octanol–water partition coefficient (Wildman–Crippen LogP) is 5.89. The second kappa shape index (κ2) is 12.6. The van der Waals surface area contributed by atoms with Crippen molar-refractivity contribution in [3.05, 3.63) is 69.7 Å². The van der Waals surface area contributed by atoms with E-state index in [9.17, 15) is 0 Å². The predicted molar refractivity (Wildman–Crippen MR) is 151 cm³/mol. The quantitative estimate of drug-likeness (QED) is 0.147. The second-order valence-electron chi connectivity index (χ2n) is 7.85. The minimum absolute atomic E-state index is 0.00981. The summed E-state index contributed by atoms with van der Waals surface area (Å²) in [4.78, 5) is 0. The molecule has 2 aromatic carbocycles. The fourth-order valence-corrected chi connectivity index (χ4v) is 6.02. The molecule has 2 aromatic heterocycles. The van der Waals surface area contributed by atoms with Crippen LogP contribution in [-0.4, -0.2) is 38.2 Å². The van der Waals surface area contributed by atoms with E-state index in [1.54, 1.807) is 17.8 Å². The number of thioether (sulfide) groups is 1. The Bertz CT molecular complexity index is 1370. The highest BCUT2D eigenvalue weighted by Gasteiger charge is 2.21. The van der Waals surface area contributed by atoms with Gasteiger partial charge in [0.2, 0.25) is 5.13 Å². The van der Waals surface area contributed by atoms with Gasteiger partial charge in [-0.2, -0.15) is 11.8 Å². The van der Waals surface area contributed by atoms with E-state index in [0.29, 0.717) is 22.5 Å². The minimum atomic E-state index is -0.124. The van der Waals surface area contributed by atoms with Crippen LogP contribution in [0.25, 0.3) is 0 Å². The molecule has 0 spiro atoms. The Morgan fingerprint density at radius 3 is 2.43 bits per heavy atom. The number of rotatable bonds is 9. The van der Waals surface area contributed by atoms with Crippen molar-refractivity contribution in [2.75, 3.05) is 16.4 Å². The van der Waals surface area contributed by atoms with Crippen molar-refractivity contribution in [3.8, 4) is 10.9 Å². The first-order valence-corrected chi connectivity index (χ1v) is 14.0. The molecule has 10 nitrogen and oxygen atoms in total. The molecule has 0 bridgehead atoms. The van der Waals surface area contributed by atoms with Crippen LogP contribution in [0.4, 0.5) is 10.8 Å². The van der Waals surface area contributed by atoms with Crippen molar-refractivity contribution in [2.45, 2.75) is 32.4 Å². The standard InChI is InChI=1S/C24H26N8O2S3/c1-4-35-18(20-30-31-23(37-20)28-22(26)33-17-10-6-8-15(3)12-17)13-19-29-32-24(36-19)34-21(25)27-16-9-5-7-14(2)11-16/h5-12,18H,4,13H2,1-3H3,(H2,25,27)(H2,26,28,31). The van der Waals surface area contributed by atoms with Crippen molar-refractivity contribution >= 4 is 57.3 Å². The van der Waals surface area contributed by atoms with Gasteiger partial charge in [-0.1, -0.05) is 59.0 Å². The van der Waals surface area contributed by atoms with Crippen LogP contribution < -0.4 is 20.1 Å². The van der Waals surface area contributed by atoms with Gasteiger partial charge in [-0.05, 0) is 55.0 Å². The fourth-order valence-electron chi connectivity index (χ4n) is 3.24. The van der Waals surface area contributed by atoms with Crippen molar-refractivity contribution in [3.63, 3.8) is 0 Å². The number of benzene rings is 2. The minimum Gasteiger partial charge on any atom is -0.426 e. The van der Waals surface area contributed by atoms with Crippen LogP contribution in [-0.2, 0) is 6.42 Å². The largest absolute Gasteiger partial charge is 0.426 e. The number of nitrogens with one attached hydrogen (secondary N) is 4. The summed E-state index contributed by atoms with van der Waals surface area (Å²) in [5.41, 5.74) is 2.90. The first kappa shape index (κ1) is 26.5. The third-order valence-corrected chi connectivity index (χ3v) is 7.84. The number of hydrogen-bond donors (Lipinski definition) is 4. The molecule has 192 valence electrons. The second-order valence-corrected chi connectivity index (χ2v) is 11.4. The zero-order valence-corrected chi connectivity index (χ0v) is 22.9. The molecule has 4 N–H and O–H groups in total. The average molecular weight is 555 g/mol. The third kappa shape index (κ3) is 7.97. The van der Waals surface area contributed by atoms with Crippen LogP contribution in [0.5, 0.6) is 10.9 Å². The number of hydrogen-bond acceptors (Lipinski definition) is 11. The van der Waals surface area contributed by atoms with Crippen molar-refractivity contribution < 1.29 is 9.47 Å². The Balaban J connectivity index is 1.34. The zero-order chi connectivity index (χ0) is 26.2. The maximum absolute atomic E-state index is 8.10. The van der Waals surface area contributed by atoms with E-state index in [-0.39, 0.29) is 17.3 Å². The van der Waals surface area contributed by atoms with E-state index in [1.807, 2.05) is 56.3 Å². The van der Waals surface area contributed by atoms with Gasteiger partial charge in [0.15, 0.2) is 0 Å². The molecule has 0 saturated heterocycles. The van der Waals surface area contributed by atoms with Gasteiger partial charge in [-0.15, -0.1) is 15.3 Å². The lowest BCUT2D eigenvalue weighted by atomic mass is 10.2. The fraction of sp³-hybridized carbons (Fsp3) is 0.250. The summed E-state index contributed by atoms with van der Waals surface area (Å²) in [6, 6.07) is 14.9. The van der Waals surface area contributed by atoms with E-state index in [0.717, 1.165) is 32.6 Å². The Kier molecular flexibility index (Phi) is 9.04. The van der Waals surface area contributed by atoms with Crippen molar-refractivity contribution in [1.82, 2.24) is 20.4 Å². The maximum Gasteiger partial charge on any atom is 0.301 e. The lowest BCUT2D eigenvalue weighted by Crippen LogP contribution is -2.17. The van der Waals surface area contributed by atoms with Crippen LogP contribution in [0.1, 0.15) is 33.3 Å². The molecule has 0 saturated carbocycles. The summed E-state index contributed by atoms with van der Waals surface area (Å²) in [5, 5.41) is 41.1. The summed E-state index contributed by atoms with van der Waals surface area (Å²) in [6.07, 6.45) is 0.587. The van der Waals surface area contributed by atoms with Gasteiger partial charge in [0.05, 0.1) is 5.25 Å². The summed E-state index contributed by atoms with van der Waals surface area (Å²) >= 11 is 4.39. The number of aromatic nitrogens is 4. The highest BCUT2D eigenvalue weighted by molar-refractivity contribution is 7.99. The van der Waals surface area contributed by atoms with Gasteiger partial charge < -0.3 is 14.8 Å². The lowest BCUT2D eigenvalue weighted by molar-refractivity contribution is 0.531. The first-order chi connectivity index (χ1) is 17.9. The van der Waals surface area contributed by atoms with E-state index in [4.69, 9.17) is 20.3 Å². The average Bonchev–Trinajstić information content (AvgIpc) is 3.48. The van der Waals surface area contributed by atoms with E-state index in [1.165, 1.54) is 22.7 Å². The molecule has 0 aliphatic carbocycles. The van der Waals surface area contributed by atoms with Crippen LogP contribution in [0, 0.1) is 24.7 Å². The summed E-state index contributed by atoms with van der Waals surface area (Å²) in [5.74, 6) is 1.46. The van der Waals surface area contributed by atoms with Gasteiger partial charge in [-0.3, -0.25) is 16.1 Å². The zero-order valence-electron chi connectivity index (χ0n) is 20.4. The van der Waals surface area contributed by atoms with E-state index in [2.05, 4.69) is 38.0 Å². The van der Waals surface area contributed by atoms with Gasteiger partial charge in [0.25, 0.3) is 12.0 Å². The lowest BCUT2D eigenvalue weighted by Gasteiger charge is -2.10. The van der Waals surface area contributed by atoms with Crippen molar-refractivity contribution in [1.29, 1.82) is 10.8 Å². The number of anilines is 2. The van der Waals surface area contributed by atoms with Crippen LogP contribution in [0.2, 0.25) is 0 Å². The highest BCUT2D eigenvalue weighted by Crippen LogP contribution is 2.36. The van der Waals surface area contributed by atoms with Gasteiger partial charge in [0, 0.05) is 12.1 Å². The Labute approximate surface area is 226 Å². The third-order valence-electron chi connectivity index (χ3n) is 4.79. The smallest absolute Gasteiger partial charge is 0.301 e. The first-order valence-electron chi connectivity index (χ1n) is 11.4. The van der Waals surface area contributed by atoms with Crippen LogP contribution >= 0.6 is 34.4 Å². The Morgan fingerprint density at radius 2 is 1.68 bits per heavy atom. The normalized spacial score (nSPS) is 11.5. The molecule has 0 aliphatic rings. The molecule has 0 radical (unpaired) electrons.